The van der Waals surface area contributed by atoms with E-state index < -0.39 is 91.2 Å². The van der Waals surface area contributed by atoms with Crippen LogP contribution >= 0.6 is 160 Å². The first kappa shape index (κ1) is 51.4. The van der Waals surface area contributed by atoms with Crippen LogP contribution in [0.2, 0.25) is 0 Å². The highest BCUT2D eigenvalue weighted by molar-refractivity contribution is 14.1. The molecule has 0 bridgehead atoms. The predicted molar refractivity (Wildman–Crippen MR) is 240 cm³/mol. The molecule has 5 aromatic rings. The Labute approximate surface area is 391 Å². The molecule has 0 heterocycles. The summed E-state index contributed by atoms with van der Waals surface area (Å²) in [6.07, 6.45) is 0. The van der Waals surface area contributed by atoms with E-state index in [0.29, 0.717) is 9.98 Å². The summed E-state index contributed by atoms with van der Waals surface area (Å²) in [4.78, 5) is 0.909. The Morgan fingerprint density at radius 2 is 0.444 bits per heavy atom. The summed E-state index contributed by atoms with van der Waals surface area (Å²) in [5.41, 5.74) is 12.5. The van der Waals surface area contributed by atoms with Gasteiger partial charge in [-0.05, 0) is 136 Å². The Morgan fingerprint density at radius 1 is 0.315 bits per heavy atom. The largest absolute Gasteiger partial charge is 0.389 e. The quantitative estimate of drug-likeness (QED) is 0.0608. The molecule has 5 rings (SSSR count). The first-order valence-electron chi connectivity index (χ1n) is 13.2. The van der Waals surface area contributed by atoms with Gasteiger partial charge in [0, 0.05) is 11.1 Å². The van der Waals surface area contributed by atoms with Gasteiger partial charge >= 0.3 is 0 Å². The van der Waals surface area contributed by atoms with E-state index in [2.05, 4.69) is 0 Å². The van der Waals surface area contributed by atoms with Gasteiger partial charge < -0.3 is 11.5 Å². The average molecular weight is 1480 g/mol. The van der Waals surface area contributed by atoms with E-state index in [1.807, 2.05) is 60.7 Å². The molecule has 0 radical (unpaired) electrons. The normalized spacial score (nSPS) is 9.96. The third-order valence-electron chi connectivity index (χ3n) is 5.59. The Morgan fingerprint density at radius 3 is 0.537 bits per heavy atom. The maximum absolute atomic E-state index is 12.6. The topological polar surface area (TPSA) is 52.0 Å². The lowest BCUT2D eigenvalue weighted by atomic mass is 10.2. The fourth-order valence-electron chi connectivity index (χ4n) is 2.94. The van der Waals surface area contributed by atoms with Gasteiger partial charge in [-0.2, -0.15) is 0 Å². The van der Waals surface area contributed by atoms with E-state index in [1.165, 1.54) is 136 Å². The molecule has 0 atom stereocenters. The first-order chi connectivity index (χ1) is 25.0. The fourth-order valence-corrected chi connectivity index (χ4v) is 6.05. The highest BCUT2D eigenvalue weighted by Gasteiger charge is 2.24. The van der Waals surface area contributed by atoms with Gasteiger partial charge in [-0.15, -0.1) is 0 Å². The molecule has 0 spiro atoms. The third kappa shape index (κ3) is 14.4. The molecular formula is C32H14F12I6N2S2. The molecule has 22 heteroatoms. The van der Waals surface area contributed by atoms with Gasteiger partial charge in [-0.3, -0.25) is 0 Å². The minimum atomic E-state index is -1.35. The number of hydrogen-bond acceptors (Lipinski definition) is 2. The summed E-state index contributed by atoms with van der Waals surface area (Å²) in [5.74, 6) is -16.2. The number of thiocarbonyl (C=S) groups is 2. The van der Waals surface area contributed by atoms with Crippen molar-refractivity contribution >= 4 is 170 Å². The molecule has 0 amide bonds. The van der Waals surface area contributed by atoms with Crippen molar-refractivity contribution in [3.8, 4) is 0 Å². The van der Waals surface area contributed by atoms with Gasteiger partial charge in [-0.1, -0.05) is 85.1 Å². The van der Waals surface area contributed by atoms with Crippen LogP contribution in [0.4, 0.5) is 52.7 Å². The van der Waals surface area contributed by atoms with Crippen LogP contribution in [-0.2, 0) is 0 Å². The van der Waals surface area contributed by atoms with Crippen molar-refractivity contribution < 1.29 is 52.7 Å². The Hall–Kier alpha value is -0.580. The molecule has 54 heavy (non-hydrogen) atoms. The molecule has 290 valence electrons. The Balaban J connectivity index is 0.000000339. The molecule has 4 N–H and O–H groups in total. The minimum Gasteiger partial charge on any atom is -0.389 e. The molecule has 0 aliphatic rings. The molecule has 0 fully saturated rings. The summed E-state index contributed by atoms with van der Waals surface area (Å²) in [6.45, 7) is 0. The molecule has 2 nitrogen and oxygen atoms in total. The number of hydrogen-bond donors (Lipinski definition) is 2. The number of rotatable bonds is 2. The van der Waals surface area contributed by atoms with E-state index in [0.717, 1.165) is 11.1 Å². The van der Waals surface area contributed by atoms with Crippen LogP contribution in [0, 0.1) is 91.2 Å². The predicted octanol–water partition coefficient (Wildman–Crippen LogP) is 13.0. The van der Waals surface area contributed by atoms with Crippen molar-refractivity contribution in [2.24, 2.45) is 11.5 Å². The van der Waals surface area contributed by atoms with E-state index in [9.17, 15) is 52.7 Å². The second-order valence-corrected chi connectivity index (χ2v) is 16.5. The second-order valence-electron chi connectivity index (χ2n) is 9.11. The molecular weight excluding hydrogens is 1470 g/mol. The van der Waals surface area contributed by atoms with E-state index in [4.69, 9.17) is 35.9 Å². The average Bonchev–Trinajstić information content (AvgIpc) is 3.18. The maximum Gasteiger partial charge on any atom is 0.176 e. The molecule has 0 aromatic heterocycles. The van der Waals surface area contributed by atoms with Crippen molar-refractivity contribution in [2.75, 3.05) is 0 Å². The summed E-state index contributed by atoms with van der Waals surface area (Å²) in [6, 6.07) is 19.1. The van der Waals surface area contributed by atoms with Crippen LogP contribution in [0.25, 0.3) is 0 Å². The summed E-state index contributed by atoms with van der Waals surface area (Å²) < 4.78 is 148. The van der Waals surface area contributed by atoms with Crippen molar-refractivity contribution in [3.63, 3.8) is 0 Å². The highest BCUT2D eigenvalue weighted by atomic mass is 127. The van der Waals surface area contributed by atoms with Gasteiger partial charge in [0.1, 0.15) is 9.98 Å². The van der Waals surface area contributed by atoms with Gasteiger partial charge in [0.05, 0.1) is 21.4 Å². The number of benzene rings is 5. The fraction of sp³-hybridized carbons (Fsp3) is 0. The lowest BCUT2D eigenvalue weighted by Gasteiger charge is -2.02. The molecule has 0 aliphatic carbocycles. The van der Waals surface area contributed by atoms with Crippen molar-refractivity contribution in [1.29, 1.82) is 0 Å². The van der Waals surface area contributed by atoms with Crippen LogP contribution in [0.15, 0.2) is 60.7 Å². The first-order valence-corrected chi connectivity index (χ1v) is 20.5. The van der Waals surface area contributed by atoms with Crippen LogP contribution in [-0.4, -0.2) is 9.98 Å². The summed E-state index contributed by atoms with van der Waals surface area (Å²) >= 11 is 16.7. The summed E-state index contributed by atoms with van der Waals surface area (Å²) in [5, 5.41) is 0. The van der Waals surface area contributed by atoms with Crippen molar-refractivity contribution in [2.45, 2.75) is 0 Å². The van der Waals surface area contributed by atoms with Crippen LogP contribution in [0.3, 0.4) is 0 Å². The molecule has 0 saturated carbocycles. The number of nitrogens with two attached hydrogens (primary N) is 2. The van der Waals surface area contributed by atoms with E-state index >= 15 is 0 Å². The third-order valence-corrected chi connectivity index (χ3v) is 11.7. The maximum atomic E-state index is 12.6. The number of halogens is 18. The van der Waals surface area contributed by atoms with Gasteiger partial charge in [-0.25, -0.2) is 52.7 Å². The van der Waals surface area contributed by atoms with Gasteiger partial charge in [0.15, 0.2) is 69.8 Å². The molecule has 0 saturated heterocycles. The lowest BCUT2D eigenvalue weighted by Crippen LogP contribution is -2.08. The summed E-state index contributed by atoms with van der Waals surface area (Å²) in [7, 11) is 0. The standard InChI is InChI=1S/2C7H7NS.3C6F4I2/c2*8-7(9)6-4-2-1-3-5-6;3*7-1-2(8)6(12)4(10)3(9)5(1)11/h2*1-5H,(H2,8,9);;;. The van der Waals surface area contributed by atoms with Gasteiger partial charge in [0.25, 0.3) is 0 Å². The van der Waals surface area contributed by atoms with Gasteiger partial charge in [0.2, 0.25) is 0 Å². The smallest absolute Gasteiger partial charge is 0.176 e. The van der Waals surface area contributed by atoms with E-state index in [1.54, 1.807) is 0 Å². The van der Waals surface area contributed by atoms with Crippen LogP contribution in [0.1, 0.15) is 11.1 Å². The van der Waals surface area contributed by atoms with E-state index in [-0.39, 0.29) is 0 Å². The highest BCUT2D eigenvalue weighted by Crippen LogP contribution is 2.28. The molecule has 5 aromatic carbocycles. The Kier molecular flexibility index (Phi) is 23.2. The monoisotopic (exact) mass is 1480 g/mol. The SMILES string of the molecule is Fc1c(F)c(I)c(F)c(F)c1I.Fc1c(F)c(I)c(F)c(F)c1I.Fc1c(F)c(I)c(F)c(F)c1I.NC(=S)c1ccccc1.NC(=S)c1ccccc1. The minimum absolute atomic E-state index is 0.454. The molecule has 0 aliphatic heterocycles. The van der Waals surface area contributed by atoms with Crippen molar-refractivity contribution in [1.82, 2.24) is 0 Å². The van der Waals surface area contributed by atoms with Crippen molar-refractivity contribution in [3.05, 3.63) is 163 Å². The zero-order valence-electron chi connectivity index (χ0n) is 25.5. The zero-order valence-corrected chi connectivity index (χ0v) is 40.1. The van der Waals surface area contributed by atoms with Crippen LogP contribution < -0.4 is 11.5 Å². The second kappa shape index (κ2) is 24.4. The van der Waals surface area contributed by atoms with Crippen LogP contribution in [0.5, 0.6) is 0 Å². The zero-order chi connectivity index (χ0) is 41.8. The molecule has 0 unspecified atom stereocenters. The Bertz CT molecular complexity index is 1610. The lowest BCUT2D eigenvalue weighted by molar-refractivity contribution is 0.437.